The minimum absolute atomic E-state index is 0.0215. The average molecular weight is 442 g/mol. The highest BCUT2D eigenvalue weighted by molar-refractivity contribution is 7.19. The second-order valence-electron chi connectivity index (χ2n) is 8.83. The first-order chi connectivity index (χ1) is 14.7. The molecule has 0 aliphatic heterocycles. The number of nitrogens with two attached hydrogens (primary N) is 1. The van der Waals surface area contributed by atoms with Crippen molar-refractivity contribution in [1.29, 1.82) is 0 Å². The fourth-order valence-electron chi connectivity index (χ4n) is 4.26. The van der Waals surface area contributed by atoms with Crippen LogP contribution >= 0.6 is 11.3 Å². The maximum Gasteiger partial charge on any atom is 0.217 e. The van der Waals surface area contributed by atoms with E-state index in [2.05, 4.69) is 18.2 Å². The Morgan fingerprint density at radius 3 is 2.74 bits per heavy atom. The zero-order chi connectivity index (χ0) is 22.6. The van der Waals surface area contributed by atoms with Crippen molar-refractivity contribution >= 4 is 33.1 Å². The third kappa shape index (κ3) is 5.50. The van der Waals surface area contributed by atoms with Crippen molar-refractivity contribution in [2.24, 2.45) is 23.0 Å². The van der Waals surface area contributed by atoms with E-state index in [1.54, 1.807) is 37.3 Å². The second kappa shape index (κ2) is 9.90. The van der Waals surface area contributed by atoms with Crippen LogP contribution in [0.4, 0.5) is 0 Å². The summed E-state index contributed by atoms with van der Waals surface area (Å²) in [6, 6.07) is 10.2. The number of hydrogen-bond donors (Lipinski definition) is 3. The Hall–Kier alpha value is -2.28. The number of benzene rings is 1. The Kier molecular flexibility index (Phi) is 7.46. The fourth-order valence-corrected chi connectivity index (χ4v) is 5.37. The molecule has 1 aromatic carbocycles. The lowest BCUT2D eigenvalue weighted by molar-refractivity contribution is -0.129. The molecule has 166 valence electrons. The number of amides is 1. The Morgan fingerprint density at radius 1 is 1.29 bits per heavy atom. The zero-order valence-corrected chi connectivity index (χ0v) is 18.8. The molecule has 0 bridgehead atoms. The molecular formula is C25H31NO4S. The molecule has 5 nitrogen and oxygen atoms in total. The lowest BCUT2D eigenvalue weighted by Crippen LogP contribution is -2.31. The van der Waals surface area contributed by atoms with Gasteiger partial charge in [0.25, 0.3) is 0 Å². The van der Waals surface area contributed by atoms with E-state index in [0.29, 0.717) is 19.3 Å². The van der Waals surface area contributed by atoms with Gasteiger partial charge in [-0.3, -0.25) is 9.59 Å². The summed E-state index contributed by atoms with van der Waals surface area (Å²) in [5.41, 5.74) is 4.31. The molecule has 3 rings (SSSR count). The van der Waals surface area contributed by atoms with Crippen molar-refractivity contribution in [2.45, 2.75) is 51.7 Å². The first kappa shape index (κ1) is 23.4. The molecule has 4 N–H and O–H groups in total. The number of aliphatic hydroxyl groups is 2. The summed E-state index contributed by atoms with van der Waals surface area (Å²) < 4.78 is 1.19. The van der Waals surface area contributed by atoms with Crippen LogP contribution in [0.1, 0.15) is 38.0 Å². The SMILES string of the molecule is CC1(C)C(=O)[C@H](C/C=C/CCC(N)=O)[C@@H](/C=C/C(O)Cc2cc3ccccc3s2)[C@@H]1O. The standard InChI is InChI=1S/C25H31NO4S/c1-25(2)23(29)19(9-4-3-5-11-22(26)28)20(24(25)30)13-12-17(27)15-18-14-16-8-6-7-10-21(16)31-18/h3-4,6-8,10,12-14,17,19-20,24,27,30H,5,9,11,15H2,1-2H3,(H2,26,28)/b4-3+,13-12+/t17?,19-,20-,24+/m1/s1. The summed E-state index contributed by atoms with van der Waals surface area (Å²) >= 11 is 1.66. The van der Waals surface area contributed by atoms with Crippen molar-refractivity contribution in [2.75, 3.05) is 0 Å². The smallest absolute Gasteiger partial charge is 0.217 e. The van der Waals surface area contributed by atoms with E-state index in [1.165, 1.54) is 10.1 Å². The number of Topliss-reactive ketones (excluding diaryl/α,β-unsaturated/α-hetero) is 1. The average Bonchev–Trinajstić information content (AvgIpc) is 3.18. The van der Waals surface area contributed by atoms with Gasteiger partial charge in [-0.1, -0.05) is 56.4 Å². The molecule has 0 radical (unpaired) electrons. The van der Waals surface area contributed by atoms with Crippen molar-refractivity contribution in [3.63, 3.8) is 0 Å². The summed E-state index contributed by atoms with van der Waals surface area (Å²) in [7, 11) is 0. The molecule has 0 spiro atoms. The van der Waals surface area contributed by atoms with Crippen LogP contribution in [0.5, 0.6) is 0 Å². The monoisotopic (exact) mass is 441 g/mol. The van der Waals surface area contributed by atoms with Gasteiger partial charge in [0.05, 0.1) is 17.6 Å². The number of aliphatic hydroxyl groups excluding tert-OH is 2. The molecule has 1 aromatic heterocycles. The Labute approximate surface area is 187 Å². The summed E-state index contributed by atoms with van der Waals surface area (Å²) in [4.78, 5) is 24.8. The van der Waals surface area contributed by atoms with Crippen LogP contribution < -0.4 is 5.73 Å². The van der Waals surface area contributed by atoms with Gasteiger partial charge in [0.1, 0.15) is 5.78 Å². The van der Waals surface area contributed by atoms with Crippen molar-refractivity contribution < 1.29 is 19.8 Å². The van der Waals surface area contributed by atoms with E-state index in [0.717, 1.165) is 4.88 Å². The lowest BCUT2D eigenvalue weighted by atomic mass is 9.86. The van der Waals surface area contributed by atoms with Gasteiger partial charge in [0.15, 0.2) is 0 Å². The first-order valence-electron chi connectivity index (χ1n) is 10.7. The number of hydrogen-bond acceptors (Lipinski definition) is 5. The van der Waals surface area contributed by atoms with E-state index in [-0.39, 0.29) is 29.9 Å². The molecule has 1 amide bonds. The minimum atomic E-state index is -0.836. The molecule has 1 saturated carbocycles. The largest absolute Gasteiger partial charge is 0.391 e. The Balaban J connectivity index is 1.67. The van der Waals surface area contributed by atoms with Crippen LogP contribution in [0.3, 0.4) is 0 Å². The summed E-state index contributed by atoms with van der Waals surface area (Å²) in [6.45, 7) is 3.54. The highest BCUT2D eigenvalue weighted by Crippen LogP contribution is 2.44. The van der Waals surface area contributed by atoms with Gasteiger partial charge in [-0.15, -0.1) is 11.3 Å². The van der Waals surface area contributed by atoms with Gasteiger partial charge in [-0.2, -0.15) is 0 Å². The number of ketones is 1. The molecule has 1 aliphatic rings. The van der Waals surface area contributed by atoms with Crippen LogP contribution in [0.15, 0.2) is 54.6 Å². The van der Waals surface area contributed by atoms with Crippen LogP contribution in [0, 0.1) is 17.3 Å². The molecule has 6 heteroatoms. The van der Waals surface area contributed by atoms with E-state index in [4.69, 9.17) is 5.73 Å². The van der Waals surface area contributed by atoms with Crippen LogP contribution in [-0.4, -0.2) is 34.1 Å². The molecule has 4 atom stereocenters. The molecule has 0 saturated heterocycles. The summed E-state index contributed by atoms with van der Waals surface area (Å²) in [5, 5.41) is 22.5. The number of allylic oxidation sites excluding steroid dienone is 2. The summed E-state index contributed by atoms with van der Waals surface area (Å²) in [5.74, 6) is -1.05. The number of fused-ring (bicyclic) bond motifs is 1. The quantitative estimate of drug-likeness (QED) is 0.516. The highest BCUT2D eigenvalue weighted by Gasteiger charge is 2.52. The third-order valence-corrected chi connectivity index (χ3v) is 7.24. The Morgan fingerprint density at radius 2 is 2.03 bits per heavy atom. The number of primary amides is 1. The summed E-state index contributed by atoms with van der Waals surface area (Å²) in [6.07, 6.45) is 7.54. The molecule has 1 aliphatic carbocycles. The van der Waals surface area contributed by atoms with E-state index in [9.17, 15) is 19.8 Å². The molecular weight excluding hydrogens is 410 g/mol. The molecule has 1 fully saturated rings. The van der Waals surface area contributed by atoms with Gasteiger partial charge in [0, 0.05) is 34.3 Å². The first-order valence-corrected chi connectivity index (χ1v) is 11.5. The predicted molar refractivity (Wildman–Crippen MR) is 125 cm³/mol. The number of carbonyl (C=O) groups is 2. The van der Waals surface area contributed by atoms with Gasteiger partial charge >= 0.3 is 0 Å². The maximum absolute atomic E-state index is 12.9. The third-order valence-electron chi connectivity index (χ3n) is 6.10. The van der Waals surface area contributed by atoms with E-state index < -0.39 is 17.6 Å². The number of thiophene rings is 1. The normalized spacial score (nSPS) is 24.5. The number of carbonyl (C=O) groups excluding carboxylic acids is 2. The molecule has 2 aromatic rings. The van der Waals surface area contributed by atoms with Crippen molar-refractivity contribution in [3.8, 4) is 0 Å². The predicted octanol–water partition coefficient (Wildman–Crippen LogP) is 3.77. The maximum atomic E-state index is 12.9. The van der Waals surface area contributed by atoms with Crippen LogP contribution in [0.2, 0.25) is 0 Å². The Bertz CT molecular complexity index is 957. The highest BCUT2D eigenvalue weighted by atomic mass is 32.1. The number of rotatable bonds is 9. The topological polar surface area (TPSA) is 101 Å². The van der Waals surface area contributed by atoms with Gasteiger partial charge in [0.2, 0.25) is 5.91 Å². The zero-order valence-electron chi connectivity index (χ0n) is 18.0. The second-order valence-corrected chi connectivity index (χ2v) is 10.0. The van der Waals surface area contributed by atoms with Crippen LogP contribution in [-0.2, 0) is 16.0 Å². The molecule has 1 unspecified atom stereocenters. The minimum Gasteiger partial charge on any atom is -0.391 e. The van der Waals surface area contributed by atoms with Gasteiger partial charge < -0.3 is 15.9 Å². The van der Waals surface area contributed by atoms with E-state index in [1.807, 2.05) is 24.3 Å². The van der Waals surface area contributed by atoms with Crippen molar-refractivity contribution in [3.05, 3.63) is 59.5 Å². The van der Waals surface area contributed by atoms with E-state index >= 15 is 0 Å². The van der Waals surface area contributed by atoms with Crippen LogP contribution in [0.25, 0.3) is 10.1 Å². The lowest BCUT2D eigenvalue weighted by Gasteiger charge is -2.22. The fraction of sp³-hybridized carbons (Fsp3) is 0.440. The van der Waals surface area contributed by atoms with Gasteiger partial charge in [-0.25, -0.2) is 0 Å². The van der Waals surface area contributed by atoms with Gasteiger partial charge in [-0.05, 0) is 30.4 Å². The molecule has 31 heavy (non-hydrogen) atoms. The van der Waals surface area contributed by atoms with Crippen molar-refractivity contribution in [1.82, 2.24) is 0 Å². The molecule has 1 heterocycles.